The van der Waals surface area contributed by atoms with E-state index in [2.05, 4.69) is 32.0 Å². The Morgan fingerprint density at radius 2 is 1.92 bits per heavy atom. The standard InChI is InChI=1S/C10H21N.Li.H/c1-4-7-9-11-10(6-3)8-5-2;;/h9-10H,4-8H2,1-3H3;;/q;+1;-1. The van der Waals surface area contributed by atoms with Gasteiger partial charge in [0.05, 0.1) is 0 Å². The van der Waals surface area contributed by atoms with Crippen molar-refractivity contribution < 1.29 is 20.3 Å². The second-order valence-electron chi connectivity index (χ2n) is 2.97. The van der Waals surface area contributed by atoms with E-state index in [9.17, 15) is 0 Å². The fraction of sp³-hybridized carbons (Fsp3) is 0.900. The molecule has 12 heavy (non-hydrogen) atoms. The summed E-state index contributed by atoms with van der Waals surface area (Å²) in [5.41, 5.74) is 0. The van der Waals surface area contributed by atoms with Crippen LogP contribution >= 0.6 is 0 Å². The maximum Gasteiger partial charge on any atom is 1.00 e. The molecule has 0 aliphatic heterocycles. The summed E-state index contributed by atoms with van der Waals surface area (Å²) in [6, 6.07) is 0.589. The van der Waals surface area contributed by atoms with Gasteiger partial charge in [0.2, 0.25) is 0 Å². The summed E-state index contributed by atoms with van der Waals surface area (Å²) in [4.78, 5) is 4.50. The zero-order valence-electron chi connectivity index (χ0n) is 10.1. The Bertz CT molecular complexity index is 107. The van der Waals surface area contributed by atoms with Gasteiger partial charge in [-0.1, -0.05) is 33.6 Å². The first-order valence-corrected chi connectivity index (χ1v) is 4.86. The van der Waals surface area contributed by atoms with Crippen LogP contribution in [-0.4, -0.2) is 12.3 Å². The Morgan fingerprint density at radius 1 is 1.25 bits per heavy atom. The van der Waals surface area contributed by atoms with Crippen LogP contribution in [0.3, 0.4) is 0 Å². The Morgan fingerprint density at radius 3 is 2.33 bits per heavy atom. The molecule has 0 heterocycles. The van der Waals surface area contributed by atoms with Crippen LogP contribution in [0.1, 0.15) is 54.3 Å². The van der Waals surface area contributed by atoms with E-state index in [0.717, 1.165) is 6.42 Å². The zero-order valence-corrected chi connectivity index (χ0v) is 9.14. The Balaban J connectivity index is -0.000000500. The topological polar surface area (TPSA) is 12.4 Å². The fourth-order valence-electron chi connectivity index (χ4n) is 1.07. The van der Waals surface area contributed by atoms with Gasteiger partial charge in [-0.15, -0.1) is 0 Å². The number of hydrogen-bond donors (Lipinski definition) is 0. The fourth-order valence-corrected chi connectivity index (χ4v) is 1.07. The number of rotatable bonds is 6. The summed E-state index contributed by atoms with van der Waals surface area (Å²) in [6.07, 6.45) is 8.13. The van der Waals surface area contributed by atoms with Gasteiger partial charge in [0.1, 0.15) is 0 Å². The molecule has 1 atom stereocenters. The molecular formula is C10H22LiN. The summed E-state index contributed by atoms with van der Waals surface area (Å²) in [7, 11) is 0. The largest absolute Gasteiger partial charge is 1.00 e. The van der Waals surface area contributed by atoms with Crippen LogP contribution in [0.2, 0.25) is 0 Å². The summed E-state index contributed by atoms with van der Waals surface area (Å²) in [6.45, 7) is 6.62. The third kappa shape index (κ3) is 8.36. The average molecular weight is 163 g/mol. The molecule has 0 saturated heterocycles. The van der Waals surface area contributed by atoms with Crippen molar-refractivity contribution in [3.63, 3.8) is 0 Å². The third-order valence-corrected chi connectivity index (χ3v) is 1.83. The van der Waals surface area contributed by atoms with Gasteiger partial charge >= 0.3 is 18.9 Å². The van der Waals surface area contributed by atoms with E-state index in [-0.39, 0.29) is 20.3 Å². The Kier molecular flexibility index (Phi) is 13.9. The second-order valence-corrected chi connectivity index (χ2v) is 2.97. The van der Waals surface area contributed by atoms with Crippen molar-refractivity contribution in [1.29, 1.82) is 0 Å². The van der Waals surface area contributed by atoms with Crippen LogP contribution in [0.25, 0.3) is 0 Å². The van der Waals surface area contributed by atoms with E-state index in [0.29, 0.717) is 6.04 Å². The normalized spacial score (nSPS) is 12.9. The summed E-state index contributed by atoms with van der Waals surface area (Å²) in [5.74, 6) is 0. The van der Waals surface area contributed by atoms with Gasteiger partial charge in [0.15, 0.2) is 0 Å². The van der Waals surface area contributed by atoms with Crippen LogP contribution in [0, 0.1) is 0 Å². The van der Waals surface area contributed by atoms with Crippen LogP contribution in [0.5, 0.6) is 0 Å². The Hall–Kier alpha value is 0.267. The quantitative estimate of drug-likeness (QED) is 0.400. The molecule has 0 radical (unpaired) electrons. The van der Waals surface area contributed by atoms with Gasteiger partial charge in [-0.25, -0.2) is 0 Å². The van der Waals surface area contributed by atoms with E-state index >= 15 is 0 Å². The molecule has 0 bridgehead atoms. The molecule has 0 aliphatic carbocycles. The summed E-state index contributed by atoms with van der Waals surface area (Å²) < 4.78 is 0. The monoisotopic (exact) mass is 163 g/mol. The number of aliphatic imine (C=N–C) groups is 1. The van der Waals surface area contributed by atoms with Crippen molar-refractivity contribution in [3.05, 3.63) is 0 Å². The minimum atomic E-state index is 0. The predicted molar refractivity (Wildman–Crippen MR) is 53.5 cm³/mol. The minimum absolute atomic E-state index is 0. The molecule has 0 spiro atoms. The van der Waals surface area contributed by atoms with Crippen LogP contribution in [-0.2, 0) is 0 Å². The average Bonchev–Trinajstić information content (AvgIpc) is 2.03. The molecule has 0 aromatic heterocycles. The molecule has 0 amide bonds. The van der Waals surface area contributed by atoms with Crippen LogP contribution in [0.15, 0.2) is 4.99 Å². The van der Waals surface area contributed by atoms with Crippen molar-refractivity contribution in [2.75, 3.05) is 0 Å². The van der Waals surface area contributed by atoms with E-state index in [1.54, 1.807) is 0 Å². The van der Waals surface area contributed by atoms with Gasteiger partial charge in [-0.3, -0.25) is 4.99 Å². The maximum atomic E-state index is 4.50. The summed E-state index contributed by atoms with van der Waals surface area (Å²) in [5, 5.41) is 0. The number of unbranched alkanes of at least 4 members (excludes halogenated alkanes) is 1. The molecule has 0 rings (SSSR count). The van der Waals surface area contributed by atoms with Crippen molar-refractivity contribution in [2.24, 2.45) is 4.99 Å². The molecule has 1 nitrogen and oxygen atoms in total. The molecule has 0 N–H and O–H groups in total. The molecule has 2 heteroatoms. The van der Waals surface area contributed by atoms with Gasteiger partial charge < -0.3 is 1.43 Å². The van der Waals surface area contributed by atoms with E-state index < -0.39 is 0 Å². The maximum absolute atomic E-state index is 4.50. The number of hydrogen-bond acceptors (Lipinski definition) is 1. The van der Waals surface area contributed by atoms with Crippen molar-refractivity contribution in [3.8, 4) is 0 Å². The first-order chi connectivity index (χ1) is 5.35. The number of nitrogens with zero attached hydrogens (tertiary/aromatic N) is 1. The molecule has 0 fully saturated rings. The van der Waals surface area contributed by atoms with Crippen molar-refractivity contribution >= 4 is 6.21 Å². The smallest absolute Gasteiger partial charge is 1.00 e. The molecule has 68 valence electrons. The minimum Gasteiger partial charge on any atom is -1.00 e. The molecule has 0 aromatic rings. The molecule has 1 unspecified atom stereocenters. The van der Waals surface area contributed by atoms with Gasteiger partial charge in [-0.2, -0.15) is 0 Å². The zero-order chi connectivity index (χ0) is 8.53. The van der Waals surface area contributed by atoms with Crippen LogP contribution < -0.4 is 18.9 Å². The first kappa shape index (κ1) is 14.8. The molecule has 0 aliphatic rings. The van der Waals surface area contributed by atoms with Crippen molar-refractivity contribution in [2.45, 2.75) is 58.9 Å². The van der Waals surface area contributed by atoms with Gasteiger partial charge in [-0.05, 0) is 25.5 Å². The second kappa shape index (κ2) is 11.3. The predicted octanol–water partition coefficient (Wildman–Crippen LogP) is 0.552. The first-order valence-electron chi connectivity index (χ1n) is 4.86. The molecular weight excluding hydrogens is 141 g/mol. The third-order valence-electron chi connectivity index (χ3n) is 1.83. The van der Waals surface area contributed by atoms with E-state index in [1.807, 2.05) is 0 Å². The van der Waals surface area contributed by atoms with Gasteiger partial charge in [0, 0.05) is 6.04 Å². The SMILES string of the molecule is CCCC=NC(CC)CCC.[H-].[Li+]. The summed E-state index contributed by atoms with van der Waals surface area (Å²) >= 11 is 0. The molecule has 0 aromatic carbocycles. The van der Waals surface area contributed by atoms with E-state index in [1.165, 1.54) is 25.7 Å². The Labute approximate surface area is 90.7 Å². The molecule has 0 saturated carbocycles. The van der Waals surface area contributed by atoms with E-state index in [4.69, 9.17) is 0 Å². The van der Waals surface area contributed by atoms with Crippen LogP contribution in [0.4, 0.5) is 0 Å². The van der Waals surface area contributed by atoms with Crippen molar-refractivity contribution in [1.82, 2.24) is 0 Å². The van der Waals surface area contributed by atoms with Gasteiger partial charge in [0.25, 0.3) is 0 Å².